The molecule has 0 aliphatic heterocycles. The van der Waals surface area contributed by atoms with E-state index < -0.39 is 5.60 Å². The van der Waals surface area contributed by atoms with Crippen molar-refractivity contribution in [3.05, 3.63) is 29.8 Å². The lowest BCUT2D eigenvalue weighted by Gasteiger charge is -2.60. The van der Waals surface area contributed by atoms with Crippen LogP contribution in [0.4, 0.5) is 5.13 Å². The molecule has 4 aliphatic carbocycles. The Hall–Kier alpha value is -1.79. The van der Waals surface area contributed by atoms with E-state index in [1.807, 2.05) is 23.6 Å². The third kappa shape index (κ3) is 2.95. The fraction of sp³-hybridized carbons (Fsp3) is 0.550. The number of aromatic nitrogens is 2. The Morgan fingerprint density at radius 3 is 2.73 bits per heavy atom. The molecule has 0 aromatic carbocycles. The van der Waals surface area contributed by atoms with E-state index in [1.165, 1.54) is 17.8 Å². The Morgan fingerprint density at radius 2 is 2.04 bits per heavy atom. The van der Waals surface area contributed by atoms with Crippen molar-refractivity contribution in [2.24, 2.45) is 17.3 Å². The van der Waals surface area contributed by atoms with Crippen LogP contribution in [-0.2, 0) is 4.79 Å². The number of nitrogens with one attached hydrogen (secondary N) is 1. The number of thiazole rings is 1. The van der Waals surface area contributed by atoms with Gasteiger partial charge in [-0.2, -0.15) is 0 Å². The first kappa shape index (κ1) is 16.4. The molecule has 0 spiro atoms. The molecular weight excluding hydrogens is 346 g/mol. The largest absolute Gasteiger partial charge is 0.390 e. The fourth-order valence-electron chi connectivity index (χ4n) is 6.08. The molecule has 4 aliphatic rings. The first-order valence-electron chi connectivity index (χ1n) is 9.40. The van der Waals surface area contributed by atoms with Gasteiger partial charge >= 0.3 is 0 Å². The van der Waals surface area contributed by atoms with E-state index in [0.717, 1.165) is 43.5 Å². The van der Waals surface area contributed by atoms with Crippen molar-refractivity contribution in [2.75, 3.05) is 5.32 Å². The SMILES string of the molecule is O=C(CC12C[C@H]3C[C@@H](CC(O)(C3)C1)C2)Nc1nc(-c2ccccn2)cs1. The van der Waals surface area contributed by atoms with Crippen LogP contribution in [-0.4, -0.2) is 26.6 Å². The summed E-state index contributed by atoms with van der Waals surface area (Å²) in [5.74, 6) is 1.23. The molecule has 4 fully saturated rings. The zero-order valence-electron chi connectivity index (χ0n) is 14.6. The summed E-state index contributed by atoms with van der Waals surface area (Å²) in [7, 11) is 0. The van der Waals surface area contributed by atoms with E-state index in [9.17, 15) is 9.90 Å². The van der Waals surface area contributed by atoms with Crippen LogP contribution in [0.2, 0.25) is 0 Å². The number of rotatable bonds is 4. The van der Waals surface area contributed by atoms with Crippen molar-refractivity contribution in [3.63, 3.8) is 0 Å². The number of carbonyl (C=O) groups is 1. The van der Waals surface area contributed by atoms with Crippen molar-refractivity contribution in [2.45, 2.75) is 50.5 Å². The van der Waals surface area contributed by atoms with Crippen LogP contribution >= 0.6 is 11.3 Å². The summed E-state index contributed by atoms with van der Waals surface area (Å²) in [6, 6.07) is 5.71. The summed E-state index contributed by atoms with van der Waals surface area (Å²) in [6.45, 7) is 0. The zero-order chi connectivity index (χ0) is 17.8. The monoisotopic (exact) mass is 369 g/mol. The number of anilines is 1. The predicted molar refractivity (Wildman–Crippen MR) is 101 cm³/mol. The normalized spacial score (nSPS) is 34.8. The molecule has 6 rings (SSSR count). The summed E-state index contributed by atoms with van der Waals surface area (Å²) in [5.41, 5.74) is 1.07. The second-order valence-corrected chi connectivity index (χ2v) is 9.52. The lowest BCUT2D eigenvalue weighted by atomic mass is 9.47. The molecule has 6 heteroatoms. The third-order valence-electron chi connectivity index (χ3n) is 6.36. The highest BCUT2D eigenvalue weighted by atomic mass is 32.1. The molecule has 4 saturated carbocycles. The molecule has 136 valence electrons. The van der Waals surface area contributed by atoms with Gasteiger partial charge in [-0.1, -0.05) is 6.07 Å². The van der Waals surface area contributed by atoms with Gasteiger partial charge in [0.1, 0.15) is 5.69 Å². The lowest BCUT2D eigenvalue weighted by Crippen LogP contribution is -2.56. The van der Waals surface area contributed by atoms with E-state index in [2.05, 4.69) is 15.3 Å². The van der Waals surface area contributed by atoms with Crippen molar-refractivity contribution in [3.8, 4) is 11.4 Å². The van der Waals surface area contributed by atoms with Crippen LogP contribution in [0.3, 0.4) is 0 Å². The summed E-state index contributed by atoms with van der Waals surface area (Å²) in [4.78, 5) is 21.5. The van der Waals surface area contributed by atoms with Gasteiger partial charge in [0.2, 0.25) is 5.91 Å². The van der Waals surface area contributed by atoms with Crippen molar-refractivity contribution in [1.29, 1.82) is 0 Å². The molecule has 0 unspecified atom stereocenters. The molecule has 2 atom stereocenters. The molecule has 5 nitrogen and oxygen atoms in total. The minimum absolute atomic E-state index is 0.00993. The molecular formula is C20H23N3O2S. The summed E-state index contributed by atoms with van der Waals surface area (Å²) in [6.07, 6.45) is 8.33. The van der Waals surface area contributed by atoms with E-state index in [1.54, 1.807) is 6.20 Å². The van der Waals surface area contributed by atoms with E-state index >= 15 is 0 Å². The third-order valence-corrected chi connectivity index (χ3v) is 7.12. The van der Waals surface area contributed by atoms with Gasteiger partial charge in [-0.15, -0.1) is 11.3 Å². The topological polar surface area (TPSA) is 75.1 Å². The average molecular weight is 369 g/mol. The van der Waals surface area contributed by atoms with Gasteiger partial charge in [-0.25, -0.2) is 4.98 Å². The van der Waals surface area contributed by atoms with Crippen molar-refractivity contribution in [1.82, 2.24) is 9.97 Å². The Morgan fingerprint density at radius 1 is 1.23 bits per heavy atom. The molecule has 2 aromatic rings. The van der Waals surface area contributed by atoms with Crippen molar-refractivity contribution >= 4 is 22.4 Å². The second-order valence-electron chi connectivity index (χ2n) is 8.66. The van der Waals surface area contributed by atoms with Crippen LogP contribution in [0.5, 0.6) is 0 Å². The number of nitrogens with zero attached hydrogens (tertiary/aromatic N) is 2. The van der Waals surface area contributed by atoms with E-state index in [0.29, 0.717) is 23.4 Å². The Balaban J connectivity index is 1.28. The molecule has 0 radical (unpaired) electrons. The van der Waals surface area contributed by atoms with Crippen LogP contribution in [0.15, 0.2) is 29.8 Å². The summed E-state index contributed by atoms with van der Waals surface area (Å²) in [5, 5.41) is 16.4. The van der Waals surface area contributed by atoms with Crippen LogP contribution in [0.25, 0.3) is 11.4 Å². The molecule has 4 bridgehead atoms. The van der Waals surface area contributed by atoms with Crippen LogP contribution < -0.4 is 5.32 Å². The Labute approximate surface area is 156 Å². The first-order valence-corrected chi connectivity index (χ1v) is 10.3. The molecule has 0 saturated heterocycles. The highest BCUT2D eigenvalue weighted by Crippen LogP contribution is 2.62. The average Bonchev–Trinajstić information content (AvgIpc) is 3.01. The van der Waals surface area contributed by atoms with Gasteiger partial charge < -0.3 is 10.4 Å². The van der Waals surface area contributed by atoms with Crippen LogP contribution in [0, 0.1) is 17.3 Å². The smallest absolute Gasteiger partial charge is 0.226 e. The molecule has 2 N–H and O–H groups in total. The minimum atomic E-state index is -0.516. The standard InChI is InChI=1S/C20H23N3O2S/c24-17(23-18-22-16(11-26-18)15-3-1-2-4-21-15)10-19-6-13-5-14(7-19)9-20(25,8-13)12-19/h1-4,11,13-14,25H,5-10,12H2,(H,22,23,24)/t13-,14-,19?,20?/m1/s1. The van der Waals surface area contributed by atoms with Gasteiger partial charge in [0, 0.05) is 18.0 Å². The number of hydrogen-bond acceptors (Lipinski definition) is 5. The Bertz CT molecular complexity index is 821. The second kappa shape index (κ2) is 5.86. The van der Waals surface area contributed by atoms with E-state index in [4.69, 9.17) is 0 Å². The molecule has 1 amide bonds. The van der Waals surface area contributed by atoms with Gasteiger partial charge in [0.25, 0.3) is 0 Å². The van der Waals surface area contributed by atoms with Crippen molar-refractivity contribution < 1.29 is 9.90 Å². The number of pyridine rings is 1. The number of hydrogen-bond donors (Lipinski definition) is 2. The molecule has 2 aromatic heterocycles. The Kier molecular flexibility index (Phi) is 3.69. The molecule has 2 heterocycles. The number of aliphatic hydroxyl groups is 1. The van der Waals surface area contributed by atoms with E-state index in [-0.39, 0.29) is 11.3 Å². The summed E-state index contributed by atoms with van der Waals surface area (Å²) >= 11 is 1.43. The summed E-state index contributed by atoms with van der Waals surface area (Å²) < 4.78 is 0. The maximum absolute atomic E-state index is 12.7. The quantitative estimate of drug-likeness (QED) is 0.858. The van der Waals surface area contributed by atoms with Gasteiger partial charge in [-0.05, 0) is 67.9 Å². The highest BCUT2D eigenvalue weighted by molar-refractivity contribution is 7.14. The van der Waals surface area contributed by atoms with Gasteiger partial charge in [0.05, 0.1) is 11.3 Å². The maximum atomic E-state index is 12.7. The van der Waals surface area contributed by atoms with Crippen LogP contribution in [0.1, 0.15) is 44.9 Å². The van der Waals surface area contributed by atoms with Gasteiger partial charge in [-0.3, -0.25) is 9.78 Å². The highest BCUT2D eigenvalue weighted by Gasteiger charge is 2.57. The van der Waals surface area contributed by atoms with Gasteiger partial charge in [0.15, 0.2) is 5.13 Å². The zero-order valence-corrected chi connectivity index (χ0v) is 15.5. The fourth-order valence-corrected chi connectivity index (χ4v) is 6.80. The minimum Gasteiger partial charge on any atom is -0.390 e. The number of amides is 1. The molecule has 26 heavy (non-hydrogen) atoms. The lowest BCUT2D eigenvalue weighted by molar-refractivity contribution is -0.167. The maximum Gasteiger partial charge on any atom is 0.226 e. The predicted octanol–water partition coefficient (Wildman–Crippen LogP) is 3.87. The first-order chi connectivity index (χ1) is 12.5. The number of carbonyl (C=O) groups excluding carboxylic acids is 1.